The van der Waals surface area contributed by atoms with Gasteiger partial charge in [0, 0.05) is 28.8 Å². The molecule has 0 saturated heterocycles. The van der Waals surface area contributed by atoms with Gasteiger partial charge in [0.15, 0.2) is 11.5 Å². The van der Waals surface area contributed by atoms with E-state index in [1.807, 2.05) is 18.2 Å². The highest BCUT2D eigenvalue weighted by Gasteiger charge is 2.29. The summed E-state index contributed by atoms with van der Waals surface area (Å²) in [6.45, 7) is 2.02. The number of hydrogen-bond donors (Lipinski definition) is 5. The highest BCUT2D eigenvalue weighted by Crippen LogP contribution is 2.42. The first-order chi connectivity index (χ1) is 14.6. The van der Waals surface area contributed by atoms with E-state index in [9.17, 15) is 15.3 Å². The van der Waals surface area contributed by atoms with Crippen LogP contribution in [-0.2, 0) is 6.42 Å². The highest BCUT2D eigenvalue weighted by atomic mass is 79.9. The average Bonchev–Trinajstić information content (AvgIpc) is 2.74. The number of nitrogens with two attached hydrogens (primary N) is 1. The number of benzene rings is 2. The van der Waals surface area contributed by atoms with Crippen molar-refractivity contribution in [2.45, 2.75) is 61.8 Å². The number of hydrogen-bond acceptors (Lipinski definition) is 6. The van der Waals surface area contributed by atoms with E-state index in [4.69, 9.17) is 5.73 Å². The Morgan fingerprint density at radius 1 is 0.906 bits per heavy atom. The van der Waals surface area contributed by atoms with Gasteiger partial charge in [-0.05, 0) is 74.0 Å². The molecule has 3 rings (SSSR count). The Kier molecular flexibility index (Phi) is 13.7. The van der Waals surface area contributed by atoms with Crippen LogP contribution in [0.3, 0.4) is 0 Å². The van der Waals surface area contributed by atoms with Crippen molar-refractivity contribution in [3.63, 3.8) is 0 Å². The molecule has 0 aliphatic heterocycles. The van der Waals surface area contributed by atoms with Crippen molar-refractivity contribution in [2.75, 3.05) is 18.8 Å². The first-order valence-electron chi connectivity index (χ1n) is 11.0. The average molecular weight is 592 g/mol. The minimum Gasteiger partial charge on any atom is -0.508 e. The molecule has 2 unspecified atom stereocenters. The van der Waals surface area contributed by atoms with Gasteiger partial charge in [0.1, 0.15) is 5.75 Å². The lowest BCUT2D eigenvalue weighted by Crippen LogP contribution is -2.33. The van der Waals surface area contributed by atoms with Crippen molar-refractivity contribution in [2.24, 2.45) is 5.73 Å². The SMILES string of the molecule is Br.Br.NC1CCc2c(ccc(O)c2O)C1CCCCCCNCCSc1ccc(O)cc1. The molecule has 0 radical (unpaired) electrons. The minimum atomic E-state index is -0.0306. The molecular formula is C24H36Br2N2O3S. The number of phenols is 3. The third-order valence-corrected chi connectivity index (χ3v) is 6.96. The predicted molar refractivity (Wildman–Crippen MR) is 144 cm³/mol. The van der Waals surface area contributed by atoms with Crippen molar-refractivity contribution in [3.05, 3.63) is 47.5 Å². The zero-order chi connectivity index (χ0) is 21.3. The largest absolute Gasteiger partial charge is 0.508 e. The van der Waals surface area contributed by atoms with Gasteiger partial charge in [0.25, 0.3) is 0 Å². The van der Waals surface area contributed by atoms with Crippen LogP contribution in [0.15, 0.2) is 41.3 Å². The number of phenolic OH excluding ortho intramolecular Hbond substituents is 3. The summed E-state index contributed by atoms with van der Waals surface area (Å²) < 4.78 is 0. The molecule has 5 nitrogen and oxygen atoms in total. The van der Waals surface area contributed by atoms with Crippen molar-refractivity contribution >= 4 is 45.7 Å². The van der Waals surface area contributed by atoms with Crippen LogP contribution in [-0.4, -0.2) is 40.2 Å². The summed E-state index contributed by atoms with van der Waals surface area (Å²) >= 11 is 1.79. The van der Waals surface area contributed by atoms with Gasteiger partial charge in [0.2, 0.25) is 0 Å². The Bertz CT molecular complexity index is 809. The van der Waals surface area contributed by atoms with Crippen LogP contribution in [0.1, 0.15) is 55.6 Å². The van der Waals surface area contributed by atoms with Crippen LogP contribution in [0, 0.1) is 0 Å². The highest BCUT2D eigenvalue weighted by molar-refractivity contribution is 8.93. The molecule has 0 amide bonds. The first kappa shape index (κ1) is 29.1. The Morgan fingerprint density at radius 2 is 1.62 bits per heavy atom. The van der Waals surface area contributed by atoms with E-state index in [0.29, 0.717) is 5.75 Å². The van der Waals surface area contributed by atoms with Gasteiger partial charge >= 0.3 is 0 Å². The Hall–Kier alpha value is -0.930. The smallest absolute Gasteiger partial charge is 0.160 e. The molecule has 0 saturated carbocycles. The second kappa shape index (κ2) is 15.1. The summed E-state index contributed by atoms with van der Waals surface area (Å²) in [6, 6.07) is 11.0. The number of aromatic hydroxyl groups is 3. The summed E-state index contributed by atoms with van der Waals surface area (Å²) in [6.07, 6.45) is 7.34. The summed E-state index contributed by atoms with van der Waals surface area (Å²) in [7, 11) is 0. The second-order valence-electron chi connectivity index (χ2n) is 8.11. The molecule has 2 aromatic carbocycles. The van der Waals surface area contributed by atoms with E-state index in [-0.39, 0.29) is 57.4 Å². The number of thioether (sulfide) groups is 1. The second-order valence-corrected chi connectivity index (χ2v) is 9.27. The lowest BCUT2D eigenvalue weighted by molar-refractivity contribution is 0.380. The monoisotopic (exact) mass is 590 g/mol. The summed E-state index contributed by atoms with van der Waals surface area (Å²) in [5.74, 6) is 1.61. The third-order valence-electron chi connectivity index (χ3n) is 5.94. The van der Waals surface area contributed by atoms with Gasteiger partial charge in [-0.15, -0.1) is 45.7 Å². The van der Waals surface area contributed by atoms with Gasteiger partial charge < -0.3 is 26.4 Å². The maximum Gasteiger partial charge on any atom is 0.160 e. The fourth-order valence-electron chi connectivity index (χ4n) is 4.24. The zero-order valence-corrected chi connectivity index (χ0v) is 22.6. The van der Waals surface area contributed by atoms with Crippen LogP contribution in [0.5, 0.6) is 17.2 Å². The summed E-state index contributed by atoms with van der Waals surface area (Å²) in [4.78, 5) is 1.18. The van der Waals surface area contributed by atoms with Crippen LogP contribution in [0.2, 0.25) is 0 Å². The Balaban J connectivity index is 0.00000256. The maximum absolute atomic E-state index is 10.1. The van der Waals surface area contributed by atoms with Crippen LogP contribution in [0.4, 0.5) is 0 Å². The lowest BCUT2D eigenvalue weighted by atomic mass is 9.76. The topological polar surface area (TPSA) is 98.7 Å². The van der Waals surface area contributed by atoms with Crippen molar-refractivity contribution in [1.82, 2.24) is 5.32 Å². The van der Waals surface area contributed by atoms with Crippen molar-refractivity contribution in [1.29, 1.82) is 0 Å². The fraction of sp³-hybridized carbons (Fsp3) is 0.500. The lowest BCUT2D eigenvalue weighted by Gasteiger charge is -2.32. The summed E-state index contributed by atoms with van der Waals surface area (Å²) in [5, 5.41) is 32.7. The molecule has 0 aromatic heterocycles. The molecule has 0 heterocycles. The normalized spacial score (nSPS) is 17.2. The number of rotatable bonds is 11. The molecule has 180 valence electrons. The van der Waals surface area contributed by atoms with E-state index in [2.05, 4.69) is 5.32 Å². The van der Waals surface area contributed by atoms with Crippen LogP contribution >= 0.6 is 45.7 Å². The van der Waals surface area contributed by atoms with E-state index in [1.165, 1.54) is 24.2 Å². The van der Waals surface area contributed by atoms with E-state index in [1.54, 1.807) is 30.0 Å². The number of nitrogens with one attached hydrogen (secondary N) is 1. The van der Waals surface area contributed by atoms with Gasteiger partial charge in [-0.25, -0.2) is 0 Å². The van der Waals surface area contributed by atoms with Gasteiger partial charge in [-0.3, -0.25) is 0 Å². The van der Waals surface area contributed by atoms with Gasteiger partial charge in [-0.1, -0.05) is 25.3 Å². The molecule has 8 heteroatoms. The maximum atomic E-state index is 10.1. The number of unbranched alkanes of at least 4 members (excludes halogenated alkanes) is 3. The molecule has 1 aliphatic rings. The summed E-state index contributed by atoms with van der Waals surface area (Å²) in [5.41, 5.74) is 8.38. The Labute approximate surface area is 216 Å². The fourth-order valence-corrected chi connectivity index (χ4v) is 5.05. The minimum absolute atomic E-state index is 0. The van der Waals surface area contributed by atoms with Crippen LogP contribution in [0.25, 0.3) is 0 Å². The van der Waals surface area contributed by atoms with E-state index in [0.717, 1.165) is 55.7 Å². The van der Waals surface area contributed by atoms with Gasteiger partial charge in [0.05, 0.1) is 0 Å². The van der Waals surface area contributed by atoms with Crippen molar-refractivity contribution in [3.8, 4) is 17.2 Å². The quantitative estimate of drug-likeness (QED) is 0.132. The molecule has 6 N–H and O–H groups in total. The van der Waals surface area contributed by atoms with Gasteiger partial charge in [-0.2, -0.15) is 0 Å². The third kappa shape index (κ3) is 8.45. The number of fused-ring (bicyclic) bond motifs is 1. The molecule has 32 heavy (non-hydrogen) atoms. The first-order valence-corrected chi connectivity index (χ1v) is 12.0. The van der Waals surface area contributed by atoms with Crippen LogP contribution < -0.4 is 11.1 Å². The Morgan fingerprint density at radius 3 is 2.38 bits per heavy atom. The molecule has 2 atom stereocenters. The number of halogens is 2. The molecular weight excluding hydrogens is 556 g/mol. The molecule has 0 spiro atoms. The molecule has 0 bridgehead atoms. The zero-order valence-electron chi connectivity index (χ0n) is 18.3. The molecule has 2 aromatic rings. The van der Waals surface area contributed by atoms with Crippen molar-refractivity contribution < 1.29 is 15.3 Å². The molecule has 1 aliphatic carbocycles. The molecule has 0 fully saturated rings. The van der Waals surface area contributed by atoms with E-state index >= 15 is 0 Å². The standard InChI is InChI=1S/C24H34N2O3S.2BrH/c25-22-12-10-21-19(11-13-23(28)24(21)29)20(22)5-3-1-2-4-14-26-15-16-30-18-8-6-17(27)7-9-18;;/h6-9,11,13,20,22,26-29H,1-5,10,12,14-16,25H2;2*1H. The predicted octanol–water partition coefficient (Wildman–Crippen LogP) is 5.65. The van der Waals surface area contributed by atoms with E-state index < -0.39 is 0 Å².